The minimum atomic E-state index is -0.0870. The van der Waals surface area contributed by atoms with Crippen molar-refractivity contribution in [1.29, 1.82) is 0 Å². The Hall–Kier alpha value is -2.72. The molecule has 3 aromatic carbocycles. The van der Waals surface area contributed by atoms with Gasteiger partial charge < -0.3 is 5.11 Å². The van der Waals surface area contributed by atoms with E-state index in [2.05, 4.69) is 64.9 Å². The van der Waals surface area contributed by atoms with E-state index in [1.54, 1.807) is 10.9 Å². The van der Waals surface area contributed by atoms with Crippen LogP contribution in [0.1, 0.15) is 11.3 Å². The molecule has 22 heavy (non-hydrogen) atoms. The van der Waals surface area contributed by atoms with Gasteiger partial charge in [0.15, 0.2) is 0 Å². The second-order valence-corrected chi connectivity index (χ2v) is 5.36. The number of hydrogen-bond donors (Lipinski definition) is 1. The van der Waals surface area contributed by atoms with Crippen LogP contribution in [0.15, 0.2) is 60.8 Å². The van der Waals surface area contributed by atoms with E-state index in [1.807, 2.05) is 0 Å². The Morgan fingerprint density at radius 2 is 1.55 bits per heavy atom. The van der Waals surface area contributed by atoms with Gasteiger partial charge in [-0.1, -0.05) is 53.7 Å². The molecule has 0 fully saturated rings. The maximum Gasteiger partial charge on any atom is 0.108 e. The lowest BCUT2D eigenvalue weighted by molar-refractivity contribution is 0.276. The minimum Gasteiger partial charge on any atom is -0.390 e. The van der Waals surface area contributed by atoms with Gasteiger partial charge >= 0.3 is 0 Å². The lowest BCUT2D eigenvalue weighted by Crippen LogP contribution is -2.02. The van der Waals surface area contributed by atoms with Gasteiger partial charge in [0.05, 0.1) is 19.3 Å². The quantitative estimate of drug-likeness (QED) is 0.590. The van der Waals surface area contributed by atoms with Crippen LogP contribution >= 0.6 is 0 Å². The van der Waals surface area contributed by atoms with Crippen LogP contribution in [0.3, 0.4) is 0 Å². The third-order valence-electron chi connectivity index (χ3n) is 3.95. The van der Waals surface area contributed by atoms with E-state index in [9.17, 15) is 0 Å². The lowest BCUT2D eigenvalue weighted by atomic mass is 9.97. The van der Waals surface area contributed by atoms with Crippen LogP contribution < -0.4 is 0 Å². The Balaban J connectivity index is 1.95. The smallest absolute Gasteiger partial charge is 0.108 e. The summed E-state index contributed by atoms with van der Waals surface area (Å²) in [5, 5.41) is 22.1. The van der Waals surface area contributed by atoms with Crippen LogP contribution in [0.5, 0.6) is 0 Å². The number of aromatic nitrogens is 3. The number of hydrogen-bond acceptors (Lipinski definition) is 3. The van der Waals surface area contributed by atoms with Gasteiger partial charge in [0.25, 0.3) is 0 Å². The molecular weight excluding hydrogens is 274 g/mol. The summed E-state index contributed by atoms with van der Waals surface area (Å²) in [5.74, 6) is 0. The molecule has 4 aromatic rings. The van der Waals surface area contributed by atoms with Crippen molar-refractivity contribution in [2.75, 3.05) is 0 Å². The Morgan fingerprint density at radius 1 is 0.909 bits per heavy atom. The van der Waals surface area contributed by atoms with E-state index in [0.29, 0.717) is 12.2 Å². The number of aliphatic hydroxyl groups is 1. The Kier molecular flexibility index (Phi) is 3.09. The zero-order valence-electron chi connectivity index (χ0n) is 12.0. The van der Waals surface area contributed by atoms with Gasteiger partial charge in [-0.3, -0.25) is 0 Å². The molecule has 1 heterocycles. The van der Waals surface area contributed by atoms with Crippen molar-refractivity contribution >= 4 is 21.5 Å². The van der Waals surface area contributed by atoms with Crippen molar-refractivity contribution in [2.24, 2.45) is 0 Å². The highest BCUT2D eigenvalue weighted by molar-refractivity contribution is 6.02. The van der Waals surface area contributed by atoms with Crippen molar-refractivity contribution in [3.63, 3.8) is 0 Å². The Labute approximate surface area is 127 Å². The monoisotopic (exact) mass is 289 g/mol. The maximum absolute atomic E-state index is 9.14. The molecule has 0 amide bonds. The molecule has 0 unspecified atom stereocenters. The molecule has 0 spiro atoms. The van der Waals surface area contributed by atoms with E-state index >= 15 is 0 Å². The fraction of sp³-hybridized carbons (Fsp3) is 0.111. The SMILES string of the molecule is OCc1cn(Cc2c3ccccc3cc3ccccc23)nn1. The van der Waals surface area contributed by atoms with Gasteiger partial charge in [-0.05, 0) is 33.2 Å². The topological polar surface area (TPSA) is 50.9 Å². The second kappa shape index (κ2) is 5.24. The Morgan fingerprint density at radius 3 is 2.14 bits per heavy atom. The predicted octanol–water partition coefficient (Wildman–Crippen LogP) is 3.13. The number of benzene rings is 3. The first-order valence-corrected chi connectivity index (χ1v) is 7.24. The molecule has 1 N–H and O–H groups in total. The molecule has 1 aromatic heterocycles. The second-order valence-electron chi connectivity index (χ2n) is 5.36. The van der Waals surface area contributed by atoms with Crippen molar-refractivity contribution in [2.45, 2.75) is 13.2 Å². The molecule has 0 atom stereocenters. The largest absolute Gasteiger partial charge is 0.390 e. The normalized spacial score (nSPS) is 11.3. The zero-order valence-corrected chi connectivity index (χ0v) is 12.0. The van der Waals surface area contributed by atoms with Gasteiger partial charge in [0.1, 0.15) is 5.69 Å². The predicted molar refractivity (Wildman–Crippen MR) is 86.5 cm³/mol. The van der Waals surface area contributed by atoms with Gasteiger partial charge in [-0.2, -0.15) is 0 Å². The van der Waals surface area contributed by atoms with Gasteiger partial charge in [-0.15, -0.1) is 5.10 Å². The number of nitrogens with zero attached hydrogens (tertiary/aromatic N) is 3. The number of rotatable bonds is 3. The van der Waals surface area contributed by atoms with E-state index < -0.39 is 0 Å². The molecule has 4 heteroatoms. The average Bonchev–Trinajstić information content (AvgIpc) is 3.02. The molecule has 4 rings (SSSR count). The molecule has 0 radical (unpaired) electrons. The first-order valence-electron chi connectivity index (χ1n) is 7.24. The summed E-state index contributed by atoms with van der Waals surface area (Å²) in [6.07, 6.45) is 1.79. The van der Waals surface area contributed by atoms with Crippen LogP contribution in [0.4, 0.5) is 0 Å². The summed E-state index contributed by atoms with van der Waals surface area (Å²) in [6.45, 7) is 0.547. The highest BCUT2D eigenvalue weighted by Crippen LogP contribution is 2.28. The molecule has 4 nitrogen and oxygen atoms in total. The molecular formula is C18H15N3O. The molecule has 0 bridgehead atoms. The lowest BCUT2D eigenvalue weighted by Gasteiger charge is -2.11. The fourth-order valence-corrected chi connectivity index (χ4v) is 2.93. The molecule has 0 aliphatic carbocycles. The summed E-state index contributed by atoms with van der Waals surface area (Å²) in [7, 11) is 0. The van der Waals surface area contributed by atoms with Crippen LogP contribution in [-0.2, 0) is 13.2 Å². The summed E-state index contributed by atoms with van der Waals surface area (Å²) in [4.78, 5) is 0. The molecule has 0 aliphatic heterocycles. The molecule has 0 saturated carbocycles. The van der Waals surface area contributed by atoms with Gasteiger partial charge in [-0.25, -0.2) is 4.68 Å². The first-order chi connectivity index (χ1) is 10.8. The number of fused-ring (bicyclic) bond motifs is 2. The highest BCUT2D eigenvalue weighted by Gasteiger charge is 2.09. The zero-order chi connectivity index (χ0) is 14.9. The van der Waals surface area contributed by atoms with Crippen LogP contribution in [-0.4, -0.2) is 20.1 Å². The van der Waals surface area contributed by atoms with Gasteiger partial charge in [0.2, 0.25) is 0 Å². The minimum absolute atomic E-state index is 0.0870. The fourth-order valence-electron chi connectivity index (χ4n) is 2.93. The van der Waals surface area contributed by atoms with Crippen LogP contribution in [0.25, 0.3) is 21.5 Å². The van der Waals surface area contributed by atoms with E-state index in [1.165, 1.54) is 27.1 Å². The van der Waals surface area contributed by atoms with Crippen molar-refractivity contribution in [1.82, 2.24) is 15.0 Å². The first kappa shape index (κ1) is 13.0. The third-order valence-corrected chi connectivity index (χ3v) is 3.95. The summed E-state index contributed by atoms with van der Waals surface area (Å²) < 4.78 is 1.78. The van der Waals surface area contributed by atoms with Crippen LogP contribution in [0, 0.1) is 0 Å². The van der Waals surface area contributed by atoms with Crippen molar-refractivity contribution in [3.8, 4) is 0 Å². The molecule has 108 valence electrons. The van der Waals surface area contributed by atoms with E-state index in [4.69, 9.17) is 5.11 Å². The molecule has 0 saturated heterocycles. The standard InChI is InChI=1S/C18H15N3O/c22-12-15-10-21(20-19-15)11-18-16-7-3-1-5-13(16)9-14-6-2-4-8-17(14)18/h1-10,22H,11-12H2. The average molecular weight is 289 g/mol. The summed E-state index contributed by atoms with van der Waals surface area (Å²) in [5.41, 5.74) is 1.81. The third kappa shape index (κ3) is 2.14. The maximum atomic E-state index is 9.14. The van der Waals surface area contributed by atoms with Crippen molar-refractivity contribution < 1.29 is 5.11 Å². The highest BCUT2D eigenvalue weighted by atomic mass is 16.3. The summed E-state index contributed by atoms with van der Waals surface area (Å²) >= 11 is 0. The Bertz CT molecular complexity index is 905. The van der Waals surface area contributed by atoms with E-state index in [-0.39, 0.29) is 6.61 Å². The van der Waals surface area contributed by atoms with Gasteiger partial charge in [0, 0.05) is 0 Å². The summed E-state index contributed by atoms with van der Waals surface area (Å²) in [6, 6.07) is 19.0. The molecule has 0 aliphatic rings. The van der Waals surface area contributed by atoms with Crippen molar-refractivity contribution in [3.05, 3.63) is 72.1 Å². The number of aliphatic hydroxyl groups excluding tert-OH is 1. The van der Waals surface area contributed by atoms with Crippen LogP contribution in [0.2, 0.25) is 0 Å². The van der Waals surface area contributed by atoms with E-state index in [0.717, 1.165) is 0 Å².